The molecule has 0 N–H and O–H groups in total. The SMILES string of the molecule is CCC1=CC=C(C)C1.[Zr]. The maximum atomic E-state index is 2.23. The van der Waals surface area contributed by atoms with E-state index < -0.39 is 0 Å². The van der Waals surface area contributed by atoms with Crippen molar-refractivity contribution in [2.45, 2.75) is 26.7 Å². The summed E-state index contributed by atoms with van der Waals surface area (Å²) in [5.74, 6) is 0. The number of rotatable bonds is 1. The molecule has 0 aromatic carbocycles. The van der Waals surface area contributed by atoms with Gasteiger partial charge in [-0.2, -0.15) is 0 Å². The largest absolute Gasteiger partial charge is 0.0693 e. The van der Waals surface area contributed by atoms with Crippen molar-refractivity contribution >= 4 is 0 Å². The predicted molar refractivity (Wildman–Crippen MR) is 36.7 cm³/mol. The zero-order valence-electron chi connectivity index (χ0n) is 6.07. The normalized spacial score (nSPS) is 16.2. The van der Waals surface area contributed by atoms with Gasteiger partial charge in [-0.05, 0) is 19.8 Å². The van der Waals surface area contributed by atoms with Crippen molar-refractivity contribution in [3.63, 3.8) is 0 Å². The number of hydrogen-bond donors (Lipinski definition) is 0. The molecule has 0 aromatic heterocycles. The standard InChI is InChI=1S/C8H12.Zr/c1-3-8-5-4-7(2)6-8;/h4-5H,3,6H2,1-2H3;. The van der Waals surface area contributed by atoms with Gasteiger partial charge in [0, 0.05) is 26.2 Å². The molecule has 0 unspecified atom stereocenters. The first-order valence-corrected chi connectivity index (χ1v) is 3.18. The Morgan fingerprint density at radius 1 is 1.44 bits per heavy atom. The molecule has 0 saturated carbocycles. The van der Waals surface area contributed by atoms with Crippen molar-refractivity contribution in [2.75, 3.05) is 0 Å². The predicted octanol–water partition coefficient (Wildman–Crippen LogP) is 2.67. The van der Waals surface area contributed by atoms with Gasteiger partial charge in [0.25, 0.3) is 0 Å². The molecular formula is C8H12Zr. The Bertz CT molecular complexity index is 143. The third kappa shape index (κ3) is 2.62. The van der Waals surface area contributed by atoms with Crippen LogP contribution in [0.15, 0.2) is 23.3 Å². The molecule has 0 fully saturated rings. The summed E-state index contributed by atoms with van der Waals surface area (Å²) in [6.45, 7) is 4.39. The van der Waals surface area contributed by atoms with Gasteiger partial charge in [-0.25, -0.2) is 0 Å². The van der Waals surface area contributed by atoms with E-state index in [-0.39, 0.29) is 26.2 Å². The van der Waals surface area contributed by atoms with Crippen LogP contribution < -0.4 is 0 Å². The molecule has 1 heteroatoms. The Balaban J connectivity index is 0.000000640. The summed E-state index contributed by atoms with van der Waals surface area (Å²) in [5.41, 5.74) is 3.07. The van der Waals surface area contributed by atoms with Crippen LogP contribution in [0.5, 0.6) is 0 Å². The maximum absolute atomic E-state index is 2.23. The molecule has 0 nitrogen and oxygen atoms in total. The Morgan fingerprint density at radius 3 is 2.33 bits per heavy atom. The topological polar surface area (TPSA) is 0 Å². The van der Waals surface area contributed by atoms with Crippen molar-refractivity contribution in [1.29, 1.82) is 0 Å². The summed E-state index contributed by atoms with van der Waals surface area (Å²) in [7, 11) is 0. The Hall–Kier alpha value is 0.363. The summed E-state index contributed by atoms with van der Waals surface area (Å²) in [5, 5.41) is 0. The van der Waals surface area contributed by atoms with E-state index in [2.05, 4.69) is 26.0 Å². The monoisotopic (exact) mass is 198 g/mol. The van der Waals surface area contributed by atoms with E-state index in [0.29, 0.717) is 0 Å². The van der Waals surface area contributed by atoms with Crippen LogP contribution in [0.3, 0.4) is 0 Å². The maximum Gasteiger partial charge on any atom is 0 e. The van der Waals surface area contributed by atoms with E-state index in [0.717, 1.165) is 0 Å². The van der Waals surface area contributed by atoms with E-state index in [1.54, 1.807) is 5.57 Å². The van der Waals surface area contributed by atoms with Crippen LogP contribution in [0.2, 0.25) is 0 Å². The van der Waals surface area contributed by atoms with Crippen molar-refractivity contribution in [3.05, 3.63) is 23.3 Å². The second kappa shape index (κ2) is 4.22. The smallest absolute Gasteiger partial charge is 0 e. The molecule has 1 aliphatic rings. The van der Waals surface area contributed by atoms with Gasteiger partial charge < -0.3 is 0 Å². The zero-order valence-corrected chi connectivity index (χ0v) is 8.53. The summed E-state index contributed by atoms with van der Waals surface area (Å²) in [6.07, 6.45) is 6.87. The molecule has 0 radical (unpaired) electrons. The minimum atomic E-state index is 0. The summed E-state index contributed by atoms with van der Waals surface area (Å²) in [6, 6.07) is 0. The fourth-order valence-corrected chi connectivity index (χ4v) is 0.979. The zero-order chi connectivity index (χ0) is 5.98. The van der Waals surface area contributed by atoms with E-state index in [9.17, 15) is 0 Å². The first-order chi connectivity index (χ1) is 3.83. The summed E-state index contributed by atoms with van der Waals surface area (Å²) < 4.78 is 0. The molecule has 9 heavy (non-hydrogen) atoms. The fourth-order valence-electron chi connectivity index (χ4n) is 0.979. The van der Waals surface area contributed by atoms with E-state index in [1.807, 2.05) is 0 Å². The van der Waals surface area contributed by atoms with E-state index in [1.165, 1.54) is 18.4 Å². The molecule has 0 amide bonds. The van der Waals surface area contributed by atoms with Crippen molar-refractivity contribution in [1.82, 2.24) is 0 Å². The molecule has 1 rings (SSSR count). The molecule has 0 saturated heterocycles. The molecular weight excluding hydrogens is 187 g/mol. The second-order valence-electron chi connectivity index (χ2n) is 2.37. The van der Waals surface area contributed by atoms with Gasteiger partial charge in [0.1, 0.15) is 0 Å². The molecule has 0 spiro atoms. The van der Waals surface area contributed by atoms with Crippen molar-refractivity contribution in [2.24, 2.45) is 0 Å². The molecule has 0 bridgehead atoms. The Labute approximate surface area is 76.2 Å². The summed E-state index contributed by atoms with van der Waals surface area (Å²) >= 11 is 0. The van der Waals surface area contributed by atoms with Crippen LogP contribution in [-0.2, 0) is 26.2 Å². The van der Waals surface area contributed by atoms with Gasteiger partial charge in [0.2, 0.25) is 0 Å². The van der Waals surface area contributed by atoms with Gasteiger partial charge in [-0.1, -0.05) is 30.2 Å². The van der Waals surface area contributed by atoms with Crippen LogP contribution in [0, 0.1) is 0 Å². The number of allylic oxidation sites excluding steroid dienone is 4. The van der Waals surface area contributed by atoms with Gasteiger partial charge in [0.05, 0.1) is 0 Å². The quantitative estimate of drug-likeness (QED) is 0.609. The van der Waals surface area contributed by atoms with Crippen LogP contribution in [-0.4, -0.2) is 0 Å². The van der Waals surface area contributed by atoms with Crippen LogP contribution in [0.1, 0.15) is 26.7 Å². The third-order valence-corrected chi connectivity index (χ3v) is 1.56. The molecule has 0 atom stereocenters. The molecule has 0 aromatic rings. The van der Waals surface area contributed by atoms with E-state index >= 15 is 0 Å². The minimum absolute atomic E-state index is 0. The van der Waals surface area contributed by atoms with Crippen LogP contribution in [0.4, 0.5) is 0 Å². The molecule has 48 valence electrons. The first-order valence-electron chi connectivity index (χ1n) is 3.18. The van der Waals surface area contributed by atoms with Crippen molar-refractivity contribution in [3.8, 4) is 0 Å². The van der Waals surface area contributed by atoms with E-state index in [4.69, 9.17) is 0 Å². The van der Waals surface area contributed by atoms with Crippen LogP contribution in [0.25, 0.3) is 0 Å². The fraction of sp³-hybridized carbons (Fsp3) is 0.500. The number of hydrogen-bond acceptors (Lipinski definition) is 0. The average Bonchev–Trinajstić information content (AvgIpc) is 2.14. The third-order valence-electron chi connectivity index (χ3n) is 1.56. The summed E-state index contributed by atoms with van der Waals surface area (Å²) in [4.78, 5) is 0. The van der Waals surface area contributed by atoms with Gasteiger partial charge >= 0.3 is 0 Å². The average molecular weight is 199 g/mol. The second-order valence-corrected chi connectivity index (χ2v) is 2.37. The van der Waals surface area contributed by atoms with Gasteiger partial charge in [-0.3, -0.25) is 0 Å². The van der Waals surface area contributed by atoms with Gasteiger partial charge in [0.15, 0.2) is 0 Å². The molecule has 1 aliphatic carbocycles. The van der Waals surface area contributed by atoms with Crippen LogP contribution >= 0.6 is 0 Å². The first kappa shape index (κ1) is 9.36. The molecule has 0 aliphatic heterocycles. The Kier molecular flexibility index (Phi) is 4.39. The molecule has 0 heterocycles. The van der Waals surface area contributed by atoms with Gasteiger partial charge in [-0.15, -0.1) is 0 Å². The van der Waals surface area contributed by atoms with Crippen molar-refractivity contribution < 1.29 is 26.2 Å². The Morgan fingerprint density at radius 2 is 2.11 bits per heavy atom. The minimum Gasteiger partial charge on any atom is -0.0693 e.